The number of nitrogens with one attached hydrogen (secondary N) is 2. The van der Waals surface area contributed by atoms with Gasteiger partial charge in [-0.15, -0.1) is 0 Å². The Bertz CT molecular complexity index is 1110. The minimum Gasteiger partial charge on any atom is -0.361 e. The maximum atomic E-state index is 11.5. The van der Waals surface area contributed by atoms with Crippen LogP contribution in [-0.2, 0) is 24.1 Å². The monoisotopic (exact) mass is 360 g/mol. The standard InChI is InChI=1S/C19H16N6O2/c26-17-8-6-12-13(20-10-21-18(12)24-17)7-5-11-9-16(25-27-11)19-22-14-3-1-2-4-15(14)23-19/h1-4,9-10H,5-8H2,(H,22,23)(H,20,21,24,26). The molecule has 4 heterocycles. The summed E-state index contributed by atoms with van der Waals surface area (Å²) in [6.45, 7) is 0. The van der Waals surface area contributed by atoms with Gasteiger partial charge in [0.05, 0.1) is 11.0 Å². The summed E-state index contributed by atoms with van der Waals surface area (Å²) < 4.78 is 5.47. The van der Waals surface area contributed by atoms with Crippen molar-refractivity contribution < 1.29 is 9.32 Å². The topological polar surface area (TPSA) is 110 Å². The lowest BCUT2D eigenvalue weighted by Crippen LogP contribution is -2.22. The van der Waals surface area contributed by atoms with E-state index in [1.807, 2.05) is 30.3 Å². The van der Waals surface area contributed by atoms with Gasteiger partial charge >= 0.3 is 0 Å². The number of imidazole rings is 1. The number of aromatic amines is 1. The summed E-state index contributed by atoms with van der Waals surface area (Å²) in [7, 11) is 0. The van der Waals surface area contributed by atoms with Gasteiger partial charge in [-0.3, -0.25) is 4.79 Å². The lowest BCUT2D eigenvalue weighted by molar-refractivity contribution is -0.116. The molecule has 0 bridgehead atoms. The Hall–Kier alpha value is -3.55. The Balaban J connectivity index is 1.34. The third kappa shape index (κ3) is 2.95. The Morgan fingerprint density at radius 2 is 2.04 bits per heavy atom. The third-order valence-electron chi connectivity index (χ3n) is 4.69. The van der Waals surface area contributed by atoms with Gasteiger partial charge in [0.25, 0.3) is 0 Å². The van der Waals surface area contributed by atoms with Crippen LogP contribution in [0.4, 0.5) is 5.82 Å². The zero-order valence-electron chi connectivity index (χ0n) is 14.4. The summed E-state index contributed by atoms with van der Waals surface area (Å²) in [5.74, 6) is 2.07. The van der Waals surface area contributed by atoms with Crippen LogP contribution in [0.1, 0.15) is 23.4 Å². The zero-order valence-corrected chi connectivity index (χ0v) is 14.4. The normalized spacial score (nSPS) is 13.6. The number of anilines is 1. The molecule has 8 heteroatoms. The molecule has 0 saturated carbocycles. The highest BCUT2D eigenvalue weighted by Gasteiger charge is 2.20. The Morgan fingerprint density at radius 1 is 1.11 bits per heavy atom. The third-order valence-corrected chi connectivity index (χ3v) is 4.69. The van der Waals surface area contributed by atoms with Crippen LogP contribution in [-0.4, -0.2) is 31.0 Å². The number of rotatable bonds is 4. The first-order valence-corrected chi connectivity index (χ1v) is 8.79. The first-order chi connectivity index (χ1) is 13.3. The molecule has 1 aliphatic rings. The summed E-state index contributed by atoms with van der Waals surface area (Å²) in [4.78, 5) is 27.8. The minimum atomic E-state index is -0.00198. The van der Waals surface area contributed by atoms with Crippen molar-refractivity contribution in [2.75, 3.05) is 5.32 Å². The predicted molar refractivity (Wildman–Crippen MR) is 98.0 cm³/mol. The van der Waals surface area contributed by atoms with Gasteiger partial charge in [-0.2, -0.15) is 0 Å². The first-order valence-electron chi connectivity index (χ1n) is 8.79. The smallest absolute Gasteiger partial charge is 0.225 e. The van der Waals surface area contributed by atoms with Crippen molar-refractivity contribution in [1.82, 2.24) is 25.1 Å². The van der Waals surface area contributed by atoms with Gasteiger partial charge in [0.2, 0.25) is 5.91 Å². The van der Waals surface area contributed by atoms with Crippen molar-refractivity contribution in [2.24, 2.45) is 0 Å². The number of aromatic nitrogens is 5. The molecule has 8 nitrogen and oxygen atoms in total. The fourth-order valence-electron chi connectivity index (χ4n) is 3.33. The number of para-hydroxylation sites is 2. The fraction of sp³-hybridized carbons (Fsp3) is 0.211. The number of hydrogen-bond acceptors (Lipinski definition) is 6. The van der Waals surface area contributed by atoms with Crippen molar-refractivity contribution >= 4 is 22.8 Å². The summed E-state index contributed by atoms with van der Waals surface area (Å²) >= 11 is 0. The van der Waals surface area contributed by atoms with Gasteiger partial charge in [-0.1, -0.05) is 17.3 Å². The van der Waals surface area contributed by atoms with Gasteiger partial charge in [0.1, 0.15) is 23.6 Å². The van der Waals surface area contributed by atoms with Crippen molar-refractivity contribution in [3.05, 3.63) is 53.7 Å². The molecule has 27 heavy (non-hydrogen) atoms. The van der Waals surface area contributed by atoms with E-state index in [0.717, 1.165) is 28.1 Å². The molecule has 0 unspecified atom stereocenters. The molecular formula is C19H16N6O2. The van der Waals surface area contributed by atoms with Crippen LogP contribution in [0.5, 0.6) is 0 Å². The SMILES string of the molecule is O=C1CCc2c(CCc3cc(-c4nc5ccccc5[nH]4)no3)ncnc2N1. The molecule has 1 aliphatic heterocycles. The van der Waals surface area contributed by atoms with Crippen LogP contribution in [0.15, 0.2) is 41.2 Å². The molecule has 1 aromatic carbocycles. The van der Waals surface area contributed by atoms with Crippen molar-refractivity contribution in [3.63, 3.8) is 0 Å². The first kappa shape index (κ1) is 15.7. The van der Waals surface area contributed by atoms with E-state index in [1.54, 1.807) is 0 Å². The summed E-state index contributed by atoms with van der Waals surface area (Å²) in [5.41, 5.74) is 4.48. The van der Waals surface area contributed by atoms with Crippen molar-refractivity contribution in [3.8, 4) is 11.5 Å². The second kappa shape index (κ2) is 6.31. The molecule has 2 N–H and O–H groups in total. The van der Waals surface area contributed by atoms with Crippen LogP contribution in [0.25, 0.3) is 22.6 Å². The highest BCUT2D eigenvalue weighted by atomic mass is 16.5. The van der Waals surface area contributed by atoms with E-state index < -0.39 is 0 Å². The Kier molecular flexibility index (Phi) is 3.67. The largest absolute Gasteiger partial charge is 0.361 e. The van der Waals surface area contributed by atoms with E-state index in [0.29, 0.717) is 43.0 Å². The number of carbonyl (C=O) groups excluding carboxylic acids is 1. The molecule has 0 atom stereocenters. The van der Waals surface area contributed by atoms with E-state index in [4.69, 9.17) is 4.52 Å². The van der Waals surface area contributed by atoms with Crippen LogP contribution >= 0.6 is 0 Å². The predicted octanol–water partition coefficient (Wildman–Crippen LogP) is 2.68. The highest BCUT2D eigenvalue weighted by Crippen LogP contribution is 2.24. The Morgan fingerprint density at radius 3 is 2.96 bits per heavy atom. The molecule has 0 radical (unpaired) electrons. The number of aryl methyl sites for hydroxylation is 2. The lowest BCUT2D eigenvalue weighted by Gasteiger charge is -2.17. The molecule has 0 spiro atoms. The van der Waals surface area contributed by atoms with E-state index >= 15 is 0 Å². The quantitative estimate of drug-likeness (QED) is 0.579. The molecular weight excluding hydrogens is 344 g/mol. The average molecular weight is 360 g/mol. The van der Waals surface area contributed by atoms with Crippen molar-refractivity contribution in [1.29, 1.82) is 0 Å². The summed E-state index contributed by atoms with van der Waals surface area (Å²) in [6.07, 6.45) is 3.96. The van der Waals surface area contributed by atoms with Gasteiger partial charge < -0.3 is 14.8 Å². The molecule has 5 rings (SSSR count). The number of fused-ring (bicyclic) bond motifs is 2. The van der Waals surface area contributed by atoms with E-state index in [2.05, 4.69) is 30.4 Å². The number of amides is 1. The van der Waals surface area contributed by atoms with Gasteiger partial charge in [0.15, 0.2) is 5.82 Å². The summed E-state index contributed by atoms with van der Waals surface area (Å²) in [6, 6.07) is 9.74. The second-order valence-corrected chi connectivity index (χ2v) is 6.48. The van der Waals surface area contributed by atoms with E-state index in [9.17, 15) is 4.79 Å². The van der Waals surface area contributed by atoms with E-state index in [-0.39, 0.29) is 5.91 Å². The number of benzene rings is 1. The number of nitrogens with zero attached hydrogens (tertiary/aromatic N) is 4. The fourth-order valence-corrected chi connectivity index (χ4v) is 3.33. The highest BCUT2D eigenvalue weighted by molar-refractivity contribution is 5.92. The maximum absolute atomic E-state index is 11.5. The minimum absolute atomic E-state index is 0.00198. The van der Waals surface area contributed by atoms with Crippen LogP contribution in [0.3, 0.4) is 0 Å². The van der Waals surface area contributed by atoms with Gasteiger partial charge in [-0.05, 0) is 25.0 Å². The molecule has 3 aromatic heterocycles. The lowest BCUT2D eigenvalue weighted by atomic mass is 10.0. The molecule has 0 saturated heterocycles. The van der Waals surface area contributed by atoms with Crippen molar-refractivity contribution in [2.45, 2.75) is 25.7 Å². The average Bonchev–Trinajstić information content (AvgIpc) is 3.32. The zero-order chi connectivity index (χ0) is 18.2. The summed E-state index contributed by atoms with van der Waals surface area (Å²) in [5, 5.41) is 6.93. The van der Waals surface area contributed by atoms with Gasteiger partial charge in [-0.25, -0.2) is 15.0 Å². The van der Waals surface area contributed by atoms with Crippen LogP contribution in [0.2, 0.25) is 0 Å². The van der Waals surface area contributed by atoms with Crippen LogP contribution in [0, 0.1) is 0 Å². The molecule has 0 aliphatic carbocycles. The number of H-pyrrole nitrogens is 1. The molecule has 134 valence electrons. The second-order valence-electron chi connectivity index (χ2n) is 6.48. The number of carbonyl (C=O) groups is 1. The molecule has 4 aromatic rings. The number of hydrogen-bond donors (Lipinski definition) is 2. The van der Waals surface area contributed by atoms with Crippen LogP contribution < -0.4 is 5.32 Å². The molecule has 0 fully saturated rings. The molecule has 1 amide bonds. The Labute approximate surface area is 154 Å². The van der Waals surface area contributed by atoms with E-state index in [1.165, 1.54) is 6.33 Å². The maximum Gasteiger partial charge on any atom is 0.225 e. The van der Waals surface area contributed by atoms with Gasteiger partial charge in [0, 0.05) is 30.2 Å².